The lowest BCUT2D eigenvalue weighted by Gasteiger charge is -2.25. The highest BCUT2D eigenvalue weighted by Crippen LogP contribution is 2.22. The van der Waals surface area contributed by atoms with E-state index in [0.29, 0.717) is 0 Å². The molecular formula is C16H22N2O2. The Hall–Kier alpha value is -1.84. The minimum atomic E-state index is -0.0914. The first-order valence-corrected chi connectivity index (χ1v) is 7.12. The maximum absolute atomic E-state index is 12.3. The molecule has 1 aromatic rings. The number of aryl methyl sites for hydroxylation is 2. The van der Waals surface area contributed by atoms with Crippen molar-refractivity contribution in [3.05, 3.63) is 29.3 Å². The number of carbonyl (C=O) groups is 2. The Labute approximate surface area is 120 Å². The normalized spacial score (nSPS) is 14.4. The van der Waals surface area contributed by atoms with Gasteiger partial charge in [0.25, 0.3) is 0 Å². The summed E-state index contributed by atoms with van der Waals surface area (Å²) >= 11 is 0. The fourth-order valence-electron chi connectivity index (χ4n) is 2.58. The van der Waals surface area contributed by atoms with Crippen LogP contribution >= 0.6 is 0 Å². The Kier molecular flexibility index (Phi) is 4.42. The lowest BCUT2D eigenvalue weighted by atomic mass is 10.1. The Morgan fingerprint density at radius 1 is 1.20 bits per heavy atom. The number of hydrogen-bond donors (Lipinski definition) is 0. The molecule has 4 nitrogen and oxygen atoms in total. The zero-order valence-corrected chi connectivity index (χ0v) is 12.5. The number of anilines is 1. The minimum absolute atomic E-state index is 0.0404. The van der Waals surface area contributed by atoms with E-state index in [2.05, 4.69) is 0 Å². The summed E-state index contributed by atoms with van der Waals surface area (Å²) in [7, 11) is 0. The predicted octanol–water partition coefficient (Wildman–Crippen LogP) is 2.28. The van der Waals surface area contributed by atoms with E-state index < -0.39 is 0 Å². The van der Waals surface area contributed by atoms with Gasteiger partial charge in [-0.25, -0.2) is 0 Å². The van der Waals surface area contributed by atoms with Crippen LogP contribution in [-0.2, 0) is 9.59 Å². The molecule has 1 aromatic carbocycles. The molecule has 0 unspecified atom stereocenters. The van der Waals surface area contributed by atoms with Crippen LogP contribution in [0, 0.1) is 13.8 Å². The second-order valence-corrected chi connectivity index (χ2v) is 5.48. The number of amides is 2. The number of nitrogens with zero attached hydrogens (tertiary/aromatic N) is 2. The topological polar surface area (TPSA) is 40.6 Å². The number of hydrogen-bond acceptors (Lipinski definition) is 2. The standard InChI is InChI=1S/C16H22N2O2/c1-12-6-7-13(2)15(10-12)18(14(3)19)11-16(20)17-8-4-5-9-17/h6-7,10H,4-5,8-9,11H2,1-3H3. The summed E-state index contributed by atoms with van der Waals surface area (Å²) in [5, 5.41) is 0. The molecule has 0 N–H and O–H groups in total. The minimum Gasteiger partial charge on any atom is -0.341 e. The highest BCUT2D eigenvalue weighted by Gasteiger charge is 2.23. The molecule has 2 rings (SSSR count). The molecular weight excluding hydrogens is 252 g/mol. The van der Waals surface area contributed by atoms with E-state index in [0.717, 1.165) is 42.7 Å². The van der Waals surface area contributed by atoms with Crippen molar-refractivity contribution in [3.8, 4) is 0 Å². The van der Waals surface area contributed by atoms with Crippen LogP contribution in [0.3, 0.4) is 0 Å². The van der Waals surface area contributed by atoms with E-state index in [4.69, 9.17) is 0 Å². The van der Waals surface area contributed by atoms with Gasteiger partial charge in [0.1, 0.15) is 6.54 Å². The van der Waals surface area contributed by atoms with Crippen LogP contribution < -0.4 is 4.90 Å². The van der Waals surface area contributed by atoms with Crippen molar-refractivity contribution in [1.29, 1.82) is 0 Å². The van der Waals surface area contributed by atoms with Crippen LogP contribution in [0.15, 0.2) is 18.2 Å². The Bertz CT molecular complexity index is 519. The summed E-state index contributed by atoms with van der Waals surface area (Å²) < 4.78 is 0. The molecule has 0 radical (unpaired) electrons. The number of carbonyl (C=O) groups excluding carboxylic acids is 2. The van der Waals surface area contributed by atoms with Gasteiger partial charge in [-0.3, -0.25) is 9.59 Å². The van der Waals surface area contributed by atoms with Crippen LogP contribution in [0.5, 0.6) is 0 Å². The number of likely N-dealkylation sites (tertiary alicyclic amines) is 1. The third-order valence-corrected chi connectivity index (χ3v) is 3.79. The third-order valence-electron chi connectivity index (χ3n) is 3.79. The van der Waals surface area contributed by atoms with Gasteiger partial charge in [0.2, 0.25) is 11.8 Å². The summed E-state index contributed by atoms with van der Waals surface area (Å²) in [5.41, 5.74) is 2.94. The van der Waals surface area contributed by atoms with Gasteiger partial charge < -0.3 is 9.80 Å². The van der Waals surface area contributed by atoms with Gasteiger partial charge in [-0.05, 0) is 43.9 Å². The maximum atomic E-state index is 12.3. The molecule has 0 aromatic heterocycles. The SMILES string of the molecule is CC(=O)N(CC(=O)N1CCCC1)c1cc(C)ccc1C. The monoisotopic (exact) mass is 274 g/mol. The summed E-state index contributed by atoms with van der Waals surface area (Å²) in [4.78, 5) is 27.6. The molecule has 1 fully saturated rings. The summed E-state index contributed by atoms with van der Waals surface area (Å²) in [5.74, 6) is -0.0511. The van der Waals surface area contributed by atoms with E-state index in [1.165, 1.54) is 6.92 Å². The van der Waals surface area contributed by atoms with Crippen molar-refractivity contribution >= 4 is 17.5 Å². The molecule has 0 bridgehead atoms. The van der Waals surface area contributed by atoms with Crippen LogP contribution in [-0.4, -0.2) is 36.3 Å². The van der Waals surface area contributed by atoms with Crippen molar-refractivity contribution in [2.24, 2.45) is 0 Å². The van der Waals surface area contributed by atoms with Gasteiger partial charge in [0, 0.05) is 25.7 Å². The number of benzene rings is 1. The molecule has 2 amide bonds. The van der Waals surface area contributed by atoms with Gasteiger partial charge in [0.05, 0.1) is 0 Å². The highest BCUT2D eigenvalue weighted by molar-refractivity contribution is 5.98. The zero-order chi connectivity index (χ0) is 14.7. The van der Waals surface area contributed by atoms with Crippen LogP contribution in [0.2, 0.25) is 0 Å². The van der Waals surface area contributed by atoms with Gasteiger partial charge >= 0.3 is 0 Å². The van der Waals surface area contributed by atoms with E-state index in [-0.39, 0.29) is 18.4 Å². The molecule has 0 spiro atoms. The van der Waals surface area contributed by atoms with Crippen molar-refractivity contribution in [3.63, 3.8) is 0 Å². The van der Waals surface area contributed by atoms with Crippen molar-refractivity contribution in [2.75, 3.05) is 24.5 Å². The highest BCUT2D eigenvalue weighted by atomic mass is 16.2. The molecule has 1 saturated heterocycles. The lowest BCUT2D eigenvalue weighted by Crippen LogP contribution is -2.41. The smallest absolute Gasteiger partial charge is 0.242 e. The first kappa shape index (κ1) is 14.6. The van der Waals surface area contributed by atoms with Crippen LogP contribution in [0.4, 0.5) is 5.69 Å². The molecule has 1 aliphatic heterocycles. The van der Waals surface area contributed by atoms with Crippen LogP contribution in [0.1, 0.15) is 30.9 Å². The van der Waals surface area contributed by atoms with Gasteiger partial charge in [-0.2, -0.15) is 0 Å². The maximum Gasteiger partial charge on any atom is 0.242 e. The molecule has 0 saturated carbocycles. The molecule has 1 heterocycles. The first-order chi connectivity index (χ1) is 9.49. The van der Waals surface area contributed by atoms with E-state index in [9.17, 15) is 9.59 Å². The fourth-order valence-corrected chi connectivity index (χ4v) is 2.58. The second-order valence-electron chi connectivity index (χ2n) is 5.48. The second kappa shape index (κ2) is 6.07. The first-order valence-electron chi connectivity index (χ1n) is 7.12. The summed E-state index contributed by atoms with van der Waals surface area (Å²) in [6.45, 7) is 7.24. The largest absolute Gasteiger partial charge is 0.341 e. The van der Waals surface area contributed by atoms with E-state index in [1.54, 1.807) is 4.90 Å². The predicted molar refractivity (Wildman–Crippen MR) is 79.8 cm³/mol. The molecule has 108 valence electrons. The quantitative estimate of drug-likeness (QED) is 0.848. The fraction of sp³-hybridized carbons (Fsp3) is 0.500. The Morgan fingerprint density at radius 3 is 2.45 bits per heavy atom. The van der Waals surface area contributed by atoms with Gasteiger partial charge in [0.15, 0.2) is 0 Å². The van der Waals surface area contributed by atoms with Gasteiger partial charge in [-0.1, -0.05) is 12.1 Å². The Morgan fingerprint density at radius 2 is 1.85 bits per heavy atom. The van der Waals surface area contributed by atoms with Crippen molar-refractivity contribution < 1.29 is 9.59 Å². The summed E-state index contributed by atoms with van der Waals surface area (Å²) in [6.07, 6.45) is 2.13. The summed E-state index contributed by atoms with van der Waals surface area (Å²) in [6, 6.07) is 5.97. The van der Waals surface area contributed by atoms with E-state index >= 15 is 0 Å². The molecule has 0 atom stereocenters. The molecule has 20 heavy (non-hydrogen) atoms. The zero-order valence-electron chi connectivity index (χ0n) is 12.5. The van der Waals surface area contributed by atoms with E-state index in [1.807, 2.05) is 36.9 Å². The molecule has 0 aliphatic carbocycles. The lowest BCUT2D eigenvalue weighted by molar-refractivity contribution is -0.130. The molecule has 1 aliphatic rings. The Balaban J connectivity index is 2.20. The average Bonchev–Trinajstić information content (AvgIpc) is 2.92. The molecule has 4 heteroatoms. The van der Waals surface area contributed by atoms with Gasteiger partial charge in [-0.15, -0.1) is 0 Å². The average molecular weight is 274 g/mol. The van der Waals surface area contributed by atoms with Crippen LogP contribution in [0.25, 0.3) is 0 Å². The van der Waals surface area contributed by atoms with Crippen molar-refractivity contribution in [1.82, 2.24) is 4.90 Å². The third kappa shape index (κ3) is 3.18. The van der Waals surface area contributed by atoms with Crippen molar-refractivity contribution in [2.45, 2.75) is 33.6 Å². The number of rotatable bonds is 3.